The van der Waals surface area contributed by atoms with Crippen molar-refractivity contribution in [2.45, 2.75) is 13.1 Å². The number of pyridine rings is 1. The maximum atomic E-state index is 6.10. The Kier molecular flexibility index (Phi) is 5.02. The molecule has 0 bridgehead atoms. The fourth-order valence-electron chi connectivity index (χ4n) is 1.69. The van der Waals surface area contributed by atoms with Gasteiger partial charge in [0, 0.05) is 35.4 Å². The molecule has 0 spiro atoms. The van der Waals surface area contributed by atoms with Crippen LogP contribution in [0.3, 0.4) is 0 Å². The maximum Gasteiger partial charge on any atom is 0.213 e. The minimum absolute atomic E-state index is 0.611. The van der Waals surface area contributed by atoms with E-state index in [0.717, 1.165) is 11.1 Å². The van der Waals surface area contributed by atoms with Gasteiger partial charge in [-0.05, 0) is 35.4 Å². The molecule has 0 fully saturated rings. The van der Waals surface area contributed by atoms with Gasteiger partial charge in [0.2, 0.25) is 5.88 Å². The highest BCUT2D eigenvalue weighted by molar-refractivity contribution is 6.33. The van der Waals surface area contributed by atoms with Crippen molar-refractivity contribution in [3.8, 4) is 5.88 Å². The van der Waals surface area contributed by atoms with Crippen molar-refractivity contribution >= 4 is 23.2 Å². The molecule has 0 unspecified atom stereocenters. The first kappa shape index (κ1) is 14.1. The number of methoxy groups -OCH3 is 1. The molecule has 1 aromatic carbocycles. The van der Waals surface area contributed by atoms with Crippen LogP contribution in [0.5, 0.6) is 5.88 Å². The van der Waals surface area contributed by atoms with Crippen LogP contribution >= 0.6 is 23.2 Å². The zero-order chi connectivity index (χ0) is 13.7. The summed E-state index contributed by atoms with van der Waals surface area (Å²) in [5.74, 6) is 0.611. The van der Waals surface area contributed by atoms with Crippen LogP contribution in [-0.4, -0.2) is 12.1 Å². The quantitative estimate of drug-likeness (QED) is 0.914. The van der Waals surface area contributed by atoms with E-state index in [-0.39, 0.29) is 0 Å². The summed E-state index contributed by atoms with van der Waals surface area (Å²) in [5.41, 5.74) is 2.08. The second kappa shape index (κ2) is 6.75. The number of hydrogen-bond acceptors (Lipinski definition) is 3. The molecule has 19 heavy (non-hydrogen) atoms. The summed E-state index contributed by atoms with van der Waals surface area (Å²) in [6.45, 7) is 1.37. The summed E-state index contributed by atoms with van der Waals surface area (Å²) >= 11 is 12.0. The minimum atomic E-state index is 0.611. The molecular weight excluding hydrogens is 283 g/mol. The molecular formula is C14H14Cl2N2O. The fraction of sp³-hybridized carbons (Fsp3) is 0.214. The highest BCUT2D eigenvalue weighted by Crippen LogP contribution is 2.20. The first-order valence-electron chi connectivity index (χ1n) is 5.82. The highest BCUT2D eigenvalue weighted by Gasteiger charge is 2.02. The van der Waals surface area contributed by atoms with Gasteiger partial charge in [-0.15, -0.1) is 0 Å². The Morgan fingerprint density at radius 3 is 2.79 bits per heavy atom. The van der Waals surface area contributed by atoms with E-state index in [2.05, 4.69) is 10.3 Å². The number of nitrogens with zero attached hydrogens (tertiary/aromatic N) is 1. The van der Waals surface area contributed by atoms with Crippen molar-refractivity contribution in [3.05, 3.63) is 57.7 Å². The van der Waals surface area contributed by atoms with Gasteiger partial charge in [0.25, 0.3) is 0 Å². The lowest BCUT2D eigenvalue weighted by Crippen LogP contribution is -2.13. The smallest absolute Gasteiger partial charge is 0.213 e. The lowest BCUT2D eigenvalue weighted by Gasteiger charge is -2.08. The number of aromatic nitrogens is 1. The topological polar surface area (TPSA) is 34.1 Å². The van der Waals surface area contributed by atoms with Crippen molar-refractivity contribution in [1.29, 1.82) is 0 Å². The summed E-state index contributed by atoms with van der Waals surface area (Å²) < 4.78 is 5.08. The molecule has 0 aliphatic heterocycles. The van der Waals surface area contributed by atoms with Crippen LogP contribution in [0.1, 0.15) is 11.1 Å². The van der Waals surface area contributed by atoms with Crippen molar-refractivity contribution in [1.82, 2.24) is 10.3 Å². The van der Waals surface area contributed by atoms with Crippen LogP contribution in [0.15, 0.2) is 36.5 Å². The van der Waals surface area contributed by atoms with Crippen LogP contribution in [0.25, 0.3) is 0 Å². The molecule has 2 aromatic rings. The first-order valence-corrected chi connectivity index (χ1v) is 6.58. The Morgan fingerprint density at radius 1 is 1.16 bits per heavy atom. The normalized spacial score (nSPS) is 10.5. The second-order valence-corrected chi connectivity index (χ2v) is 4.89. The Balaban J connectivity index is 1.94. The largest absolute Gasteiger partial charge is 0.481 e. The van der Waals surface area contributed by atoms with Crippen LogP contribution < -0.4 is 10.1 Å². The van der Waals surface area contributed by atoms with Gasteiger partial charge in [0.15, 0.2) is 0 Å². The number of nitrogens with one attached hydrogen (secondary N) is 1. The van der Waals surface area contributed by atoms with E-state index >= 15 is 0 Å². The van der Waals surface area contributed by atoms with Crippen molar-refractivity contribution < 1.29 is 4.74 Å². The molecule has 1 aromatic heterocycles. The predicted octanol–water partition coefficient (Wildman–Crippen LogP) is 3.69. The molecule has 3 nitrogen and oxygen atoms in total. The third-order valence-electron chi connectivity index (χ3n) is 2.66. The van der Waals surface area contributed by atoms with E-state index in [1.807, 2.05) is 18.2 Å². The number of hydrogen-bond donors (Lipinski definition) is 1. The molecule has 100 valence electrons. The molecule has 0 radical (unpaired) electrons. The summed E-state index contributed by atoms with van der Waals surface area (Å²) in [6.07, 6.45) is 1.72. The van der Waals surface area contributed by atoms with Gasteiger partial charge >= 0.3 is 0 Å². The number of rotatable bonds is 5. The molecule has 0 aliphatic carbocycles. The molecule has 1 N–H and O–H groups in total. The van der Waals surface area contributed by atoms with E-state index in [4.69, 9.17) is 27.9 Å². The lowest BCUT2D eigenvalue weighted by atomic mass is 10.2. The maximum absolute atomic E-state index is 6.10. The summed E-state index contributed by atoms with van der Waals surface area (Å²) in [6, 6.07) is 9.28. The SMILES string of the molecule is COc1cc(CNCc2cc(Cl)ccc2Cl)ccn1. The molecule has 2 rings (SSSR count). The van der Waals surface area contributed by atoms with Gasteiger partial charge in [-0.25, -0.2) is 4.98 Å². The second-order valence-electron chi connectivity index (χ2n) is 4.05. The Bertz CT molecular complexity index is 561. The molecule has 0 amide bonds. The Hall–Kier alpha value is -1.29. The van der Waals surface area contributed by atoms with E-state index < -0.39 is 0 Å². The van der Waals surface area contributed by atoms with Gasteiger partial charge in [0.1, 0.15) is 0 Å². The predicted molar refractivity (Wildman–Crippen MR) is 77.8 cm³/mol. The van der Waals surface area contributed by atoms with E-state index in [1.54, 1.807) is 25.4 Å². The zero-order valence-corrected chi connectivity index (χ0v) is 12.0. The highest BCUT2D eigenvalue weighted by atomic mass is 35.5. The molecule has 0 atom stereocenters. The van der Waals surface area contributed by atoms with Crippen LogP contribution in [-0.2, 0) is 13.1 Å². The van der Waals surface area contributed by atoms with Crippen LogP contribution in [0.4, 0.5) is 0 Å². The third kappa shape index (κ3) is 4.10. The Labute approximate surface area is 122 Å². The van der Waals surface area contributed by atoms with Crippen LogP contribution in [0, 0.1) is 0 Å². The standard InChI is InChI=1S/C14H14Cl2N2O/c1-19-14-6-10(4-5-18-14)8-17-9-11-7-12(15)2-3-13(11)16/h2-7,17H,8-9H2,1H3. The van der Waals surface area contributed by atoms with Gasteiger partial charge in [-0.1, -0.05) is 23.2 Å². The monoisotopic (exact) mass is 296 g/mol. The number of halogens is 2. The van der Waals surface area contributed by atoms with Crippen LogP contribution in [0.2, 0.25) is 10.0 Å². The van der Waals surface area contributed by atoms with Gasteiger partial charge in [-0.2, -0.15) is 0 Å². The van der Waals surface area contributed by atoms with E-state index in [1.165, 1.54) is 0 Å². The molecule has 5 heteroatoms. The van der Waals surface area contributed by atoms with Crippen molar-refractivity contribution in [3.63, 3.8) is 0 Å². The first-order chi connectivity index (χ1) is 9.19. The Morgan fingerprint density at radius 2 is 2.00 bits per heavy atom. The van der Waals surface area contributed by atoms with Crippen molar-refractivity contribution in [2.75, 3.05) is 7.11 Å². The fourth-order valence-corrected chi connectivity index (χ4v) is 2.07. The molecule has 1 heterocycles. The van der Waals surface area contributed by atoms with E-state index in [9.17, 15) is 0 Å². The van der Waals surface area contributed by atoms with Gasteiger partial charge < -0.3 is 10.1 Å². The molecule has 0 saturated heterocycles. The number of benzene rings is 1. The average Bonchev–Trinajstić information content (AvgIpc) is 2.43. The lowest BCUT2D eigenvalue weighted by molar-refractivity contribution is 0.397. The van der Waals surface area contributed by atoms with E-state index in [0.29, 0.717) is 29.0 Å². The zero-order valence-electron chi connectivity index (χ0n) is 10.5. The summed E-state index contributed by atoms with van der Waals surface area (Å²) in [4.78, 5) is 4.06. The van der Waals surface area contributed by atoms with Crippen molar-refractivity contribution in [2.24, 2.45) is 0 Å². The van der Waals surface area contributed by atoms with Gasteiger partial charge in [-0.3, -0.25) is 0 Å². The summed E-state index contributed by atoms with van der Waals surface area (Å²) in [5, 5.41) is 4.71. The molecule has 0 saturated carbocycles. The number of ether oxygens (including phenoxy) is 1. The third-order valence-corrected chi connectivity index (χ3v) is 3.26. The minimum Gasteiger partial charge on any atom is -0.481 e. The van der Waals surface area contributed by atoms with Gasteiger partial charge in [0.05, 0.1) is 7.11 Å². The summed E-state index contributed by atoms with van der Waals surface area (Å²) in [7, 11) is 1.60. The average molecular weight is 297 g/mol. The molecule has 0 aliphatic rings.